The van der Waals surface area contributed by atoms with Gasteiger partial charge in [0, 0.05) is 0 Å². The molecule has 0 unspecified atom stereocenters. The lowest BCUT2D eigenvalue weighted by atomic mass is 10.2. The summed E-state index contributed by atoms with van der Waals surface area (Å²) in [6, 6.07) is 0. The van der Waals surface area contributed by atoms with Crippen LogP contribution >= 0.6 is 0 Å². The third-order valence-corrected chi connectivity index (χ3v) is 1.34. The SMILES string of the molecule is COc1onc(C(F)(F)F)c1C. The molecule has 68 valence electrons. The molecule has 1 aromatic rings. The van der Waals surface area contributed by atoms with Crippen molar-refractivity contribution in [3.63, 3.8) is 0 Å². The minimum absolute atomic E-state index is 0.134. The van der Waals surface area contributed by atoms with Crippen molar-refractivity contribution in [3.05, 3.63) is 11.3 Å². The van der Waals surface area contributed by atoms with Gasteiger partial charge in [-0.15, -0.1) is 0 Å². The topological polar surface area (TPSA) is 35.3 Å². The summed E-state index contributed by atoms with van der Waals surface area (Å²) in [5, 5.41) is 2.83. The minimum Gasteiger partial charge on any atom is -0.467 e. The standard InChI is InChI=1S/C6H6F3NO2/c1-3-4(6(7,8)9)10-12-5(3)11-2/h1-2H3. The van der Waals surface area contributed by atoms with Crippen LogP contribution in [0.25, 0.3) is 0 Å². The number of methoxy groups -OCH3 is 1. The van der Waals surface area contributed by atoms with E-state index in [1.165, 1.54) is 14.0 Å². The number of ether oxygens (including phenoxy) is 1. The first kappa shape index (κ1) is 8.89. The largest absolute Gasteiger partial charge is 0.467 e. The van der Waals surface area contributed by atoms with Gasteiger partial charge < -0.3 is 9.26 Å². The molecule has 3 nitrogen and oxygen atoms in total. The number of hydrogen-bond donors (Lipinski definition) is 0. The molecule has 1 rings (SSSR count). The average molecular weight is 181 g/mol. The molecule has 0 aliphatic rings. The Balaban J connectivity index is 3.11. The maximum absolute atomic E-state index is 12.0. The fourth-order valence-electron chi connectivity index (χ4n) is 0.775. The lowest BCUT2D eigenvalue weighted by Gasteiger charge is -2.00. The first-order valence-corrected chi connectivity index (χ1v) is 3.04. The summed E-state index contributed by atoms with van der Waals surface area (Å²) in [5.74, 6) is -0.206. The van der Waals surface area contributed by atoms with E-state index in [9.17, 15) is 13.2 Å². The zero-order chi connectivity index (χ0) is 9.35. The Labute approximate surface area is 66.1 Å². The molecule has 0 aliphatic heterocycles. The predicted molar refractivity (Wildman–Crippen MR) is 32.8 cm³/mol. The van der Waals surface area contributed by atoms with Crippen molar-refractivity contribution in [2.45, 2.75) is 13.1 Å². The zero-order valence-corrected chi connectivity index (χ0v) is 6.40. The van der Waals surface area contributed by atoms with E-state index in [-0.39, 0.29) is 11.5 Å². The second-order valence-electron chi connectivity index (χ2n) is 2.15. The fourth-order valence-corrected chi connectivity index (χ4v) is 0.775. The number of halogens is 3. The molecule has 0 N–H and O–H groups in total. The molecular weight excluding hydrogens is 175 g/mol. The molecule has 0 aromatic carbocycles. The maximum Gasteiger partial charge on any atom is 0.437 e. The third kappa shape index (κ3) is 1.37. The number of nitrogens with zero attached hydrogens (tertiary/aromatic N) is 1. The highest BCUT2D eigenvalue weighted by Crippen LogP contribution is 2.34. The van der Waals surface area contributed by atoms with E-state index >= 15 is 0 Å². The molecule has 0 atom stereocenters. The lowest BCUT2D eigenvalue weighted by Crippen LogP contribution is -2.07. The molecule has 1 aromatic heterocycles. The molecule has 12 heavy (non-hydrogen) atoms. The summed E-state index contributed by atoms with van der Waals surface area (Å²) in [6.07, 6.45) is -4.48. The van der Waals surface area contributed by atoms with Crippen molar-refractivity contribution in [2.24, 2.45) is 0 Å². The van der Waals surface area contributed by atoms with Crippen LogP contribution in [0.3, 0.4) is 0 Å². The molecule has 6 heteroatoms. The Morgan fingerprint density at radius 1 is 1.42 bits per heavy atom. The first-order chi connectivity index (χ1) is 5.46. The average Bonchev–Trinajstić information content (AvgIpc) is 2.29. The van der Waals surface area contributed by atoms with Gasteiger partial charge in [-0.1, -0.05) is 5.16 Å². The van der Waals surface area contributed by atoms with Crippen molar-refractivity contribution in [1.82, 2.24) is 5.16 Å². The van der Waals surface area contributed by atoms with Crippen LogP contribution in [0.5, 0.6) is 5.95 Å². The Bertz CT molecular complexity index is 279. The minimum atomic E-state index is -4.48. The Kier molecular flexibility index (Phi) is 1.99. The van der Waals surface area contributed by atoms with Crippen LogP contribution in [0.15, 0.2) is 4.52 Å². The molecule has 0 aliphatic carbocycles. The van der Waals surface area contributed by atoms with Crippen molar-refractivity contribution in [3.8, 4) is 5.95 Å². The van der Waals surface area contributed by atoms with E-state index in [2.05, 4.69) is 14.4 Å². The molecule has 0 radical (unpaired) electrons. The van der Waals surface area contributed by atoms with E-state index in [1.54, 1.807) is 0 Å². The van der Waals surface area contributed by atoms with Crippen LogP contribution in [-0.2, 0) is 6.18 Å². The number of hydrogen-bond acceptors (Lipinski definition) is 3. The maximum atomic E-state index is 12.0. The predicted octanol–water partition coefficient (Wildman–Crippen LogP) is 2.01. The fraction of sp³-hybridized carbons (Fsp3) is 0.500. The smallest absolute Gasteiger partial charge is 0.437 e. The van der Waals surface area contributed by atoms with Crippen LogP contribution in [0.4, 0.5) is 13.2 Å². The molecule has 0 spiro atoms. The summed E-state index contributed by atoms with van der Waals surface area (Å²) in [7, 11) is 1.22. The second-order valence-corrected chi connectivity index (χ2v) is 2.15. The second kappa shape index (κ2) is 2.69. The zero-order valence-electron chi connectivity index (χ0n) is 6.40. The lowest BCUT2D eigenvalue weighted by molar-refractivity contribution is -0.143. The van der Waals surface area contributed by atoms with Gasteiger partial charge in [-0.3, -0.25) is 0 Å². The van der Waals surface area contributed by atoms with E-state index in [0.29, 0.717) is 0 Å². The Morgan fingerprint density at radius 3 is 2.25 bits per heavy atom. The summed E-state index contributed by atoms with van der Waals surface area (Å²) >= 11 is 0. The monoisotopic (exact) mass is 181 g/mol. The Hall–Kier alpha value is -1.20. The molecule has 0 fully saturated rings. The van der Waals surface area contributed by atoms with Gasteiger partial charge in [0.2, 0.25) is 0 Å². The quantitative estimate of drug-likeness (QED) is 0.664. The highest BCUT2D eigenvalue weighted by Gasteiger charge is 2.38. The molecule has 0 bridgehead atoms. The molecule has 0 saturated heterocycles. The first-order valence-electron chi connectivity index (χ1n) is 3.04. The van der Waals surface area contributed by atoms with Crippen molar-refractivity contribution < 1.29 is 22.4 Å². The van der Waals surface area contributed by atoms with Gasteiger partial charge in [0.05, 0.1) is 12.7 Å². The number of alkyl halides is 3. The number of aromatic nitrogens is 1. The van der Waals surface area contributed by atoms with Crippen molar-refractivity contribution in [1.29, 1.82) is 0 Å². The normalized spacial score (nSPS) is 11.8. The van der Waals surface area contributed by atoms with Crippen LogP contribution in [0.1, 0.15) is 11.3 Å². The van der Waals surface area contributed by atoms with Crippen LogP contribution in [0, 0.1) is 6.92 Å². The summed E-state index contributed by atoms with van der Waals surface area (Å²) < 4.78 is 44.8. The van der Waals surface area contributed by atoms with Gasteiger partial charge in [0.25, 0.3) is 0 Å². The summed E-state index contributed by atoms with van der Waals surface area (Å²) in [4.78, 5) is 0. The van der Waals surface area contributed by atoms with E-state index in [1.807, 2.05) is 0 Å². The van der Waals surface area contributed by atoms with Gasteiger partial charge in [0.15, 0.2) is 5.69 Å². The van der Waals surface area contributed by atoms with E-state index in [4.69, 9.17) is 0 Å². The molecular formula is C6H6F3NO2. The molecule has 1 heterocycles. The highest BCUT2D eigenvalue weighted by atomic mass is 19.4. The van der Waals surface area contributed by atoms with Gasteiger partial charge >= 0.3 is 12.1 Å². The van der Waals surface area contributed by atoms with Crippen LogP contribution in [0.2, 0.25) is 0 Å². The van der Waals surface area contributed by atoms with Crippen LogP contribution in [-0.4, -0.2) is 12.3 Å². The van der Waals surface area contributed by atoms with Crippen LogP contribution < -0.4 is 4.74 Å². The van der Waals surface area contributed by atoms with Crippen molar-refractivity contribution in [2.75, 3.05) is 7.11 Å². The van der Waals surface area contributed by atoms with Crippen molar-refractivity contribution >= 4 is 0 Å². The molecule has 0 saturated carbocycles. The van der Waals surface area contributed by atoms with E-state index < -0.39 is 11.9 Å². The summed E-state index contributed by atoms with van der Waals surface area (Å²) in [6.45, 7) is 1.23. The summed E-state index contributed by atoms with van der Waals surface area (Å²) in [5.41, 5.74) is -1.18. The van der Waals surface area contributed by atoms with E-state index in [0.717, 1.165) is 0 Å². The number of rotatable bonds is 1. The van der Waals surface area contributed by atoms with Gasteiger partial charge in [0.1, 0.15) is 0 Å². The third-order valence-electron chi connectivity index (χ3n) is 1.34. The van der Waals surface area contributed by atoms with Gasteiger partial charge in [-0.2, -0.15) is 13.2 Å². The van der Waals surface area contributed by atoms with Gasteiger partial charge in [-0.05, 0) is 6.92 Å². The Morgan fingerprint density at radius 2 is 2.00 bits per heavy atom. The highest BCUT2D eigenvalue weighted by molar-refractivity contribution is 5.27. The van der Waals surface area contributed by atoms with Gasteiger partial charge in [-0.25, -0.2) is 0 Å². The molecule has 0 amide bonds.